The number of alkyl halides is 3. The summed E-state index contributed by atoms with van der Waals surface area (Å²) in [5.41, 5.74) is 4.20. The normalized spacial score (nSPS) is 15.4. The molecular formula is C32H30F3NO. The van der Waals surface area contributed by atoms with Crippen LogP contribution >= 0.6 is 0 Å². The van der Waals surface area contributed by atoms with Gasteiger partial charge in [0.1, 0.15) is 0 Å². The summed E-state index contributed by atoms with van der Waals surface area (Å²) < 4.78 is 47.7. The van der Waals surface area contributed by atoms with Crippen LogP contribution in [-0.4, -0.2) is 19.7 Å². The highest BCUT2D eigenvalue weighted by atomic mass is 19.4. The smallest absolute Gasteiger partial charge is 0.376 e. The van der Waals surface area contributed by atoms with Crippen molar-refractivity contribution in [2.75, 3.05) is 19.7 Å². The number of rotatable bonds is 7. The zero-order valence-electron chi connectivity index (χ0n) is 20.6. The van der Waals surface area contributed by atoms with Crippen molar-refractivity contribution in [3.8, 4) is 22.3 Å². The molecule has 37 heavy (non-hydrogen) atoms. The van der Waals surface area contributed by atoms with Gasteiger partial charge in [-0.05, 0) is 83.6 Å². The fourth-order valence-electron chi connectivity index (χ4n) is 5.19. The minimum absolute atomic E-state index is 0.122. The fourth-order valence-corrected chi connectivity index (χ4v) is 5.19. The Balaban J connectivity index is 1.41. The maximum atomic E-state index is 13.9. The number of benzene rings is 4. The molecule has 5 heteroatoms. The molecule has 0 radical (unpaired) electrons. The zero-order chi connectivity index (χ0) is 25.7. The molecule has 5 rings (SSSR count). The van der Waals surface area contributed by atoms with E-state index in [0.717, 1.165) is 42.6 Å². The van der Waals surface area contributed by atoms with Crippen LogP contribution in [0.5, 0.6) is 0 Å². The molecule has 4 aromatic rings. The first-order valence-electron chi connectivity index (χ1n) is 12.6. The van der Waals surface area contributed by atoms with E-state index in [1.54, 1.807) is 0 Å². The van der Waals surface area contributed by atoms with Crippen molar-refractivity contribution >= 4 is 0 Å². The van der Waals surface area contributed by atoms with Gasteiger partial charge in [-0.3, -0.25) is 0 Å². The summed E-state index contributed by atoms with van der Waals surface area (Å²) >= 11 is 0. The van der Waals surface area contributed by atoms with E-state index >= 15 is 0 Å². The lowest BCUT2D eigenvalue weighted by Crippen LogP contribution is -2.43. The highest BCUT2D eigenvalue weighted by molar-refractivity contribution is 5.73. The molecule has 1 N–H and O–H groups in total. The lowest BCUT2D eigenvalue weighted by Gasteiger charge is -2.38. The molecule has 1 fully saturated rings. The Morgan fingerprint density at radius 2 is 1.30 bits per heavy atom. The monoisotopic (exact) mass is 501 g/mol. The van der Waals surface area contributed by atoms with Gasteiger partial charge in [0, 0.05) is 5.41 Å². The summed E-state index contributed by atoms with van der Waals surface area (Å²) in [7, 11) is 0. The van der Waals surface area contributed by atoms with Crippen molar-refractivity contribution in [2.45, 2.75) is 31.0 Å². The Hall–Kier alpha value is -3.41. The summed E-state index contributed by atoms with van der Waals surface area (Å²) in [6.07, 6.45) is -2.59. The van der Waals surface area contributed by atoms with Crippen molar-refractivity contribution in [3.05, 3.63) is 120 Å². The summed E-state index contributed by atoms with van der Waals surface area (Å²) in [4.78, 5) is 0. The topological polar surface area (TPSA) is 21.3 Å². The molecule has 190 valence electrons. The maximum Gasteiger partial charge on any atom is 0.416 e. The molecule has 0 unspecified atom stereocenters. The van der Waals surface area contributed by atoms with Gasteiger partial charge in [0.2, 0.25) is 0 Å². The number of ether oxygens (including phenoxy) is 1. The molecule has 0 aromatic heterocycles. The van der Waals surface area contributed by atoms with E-state index in [1.165, 1.54) is 17.7 Å². The van der Waals surface area contributed by atoms with E-state index in [9.17, 15) is 13.2 Å². The van der Waals surface area contributed by atoms with Crippen LogP contribution < -0.4 is 5.32 Å². The molecule has 1 aliphatic heterocycles. The molecule has 0 spiro atoms. The molecule has 1 saturated heterocycles. The Morgan fingerprint density at radius 3 is 1.97 bits per heavy atom. The fraction of sp³-hybridized carbons (Fsp3) is 0.250. The zero-order valence-corrected chi connectivity index (χ0v) is 20.6. The average Bonchev–Trinajstić information content (AvgIpc) is 2.94. The van der Waals surface area contributed by atoms with Gasteiger partial charge in [0.15, 0.2) is 0 Å². The van der Waals surface area contributed by atoms with Crippen molar-refractivity contribution < 1.29 is 17.9 Å². The van der Waals surface area contributed by atoms with Crippen molar-refractivity contribution in [3.63, 3.8) is 0 Å². The minimum Gasteiger partial charge on any atom is -0.376 e. The molecule has 0 aliphatic carbocycles. The minimum atomic E-state index is -4.44. The summed E-state index contributed by atoms with van der Waals surface area (Å²) in [5, 5.41) is 3.40. The van der Waals surface area contributed by atoms with Gasteiger partial charge in [-0.2, -0.15) is 13.2 Å². The van der Waals surface area contributed by atoms with Crippen molar-refractivity contribution in [2.24, 2.45) is 0 Å². The van der Waals surface area contributed by atoms with Crippen molar-refractivity contribution in [1.82, 2.24) is 5.32 Å². The predicted octanol–water partition coefficient (Wildman–Crippen LogP) is 7.88. The van der Waals surface area contributed by atoms with Crippen LogP contribution in [0.1, 0.15) is 29.5 Å². The van der Waals surface area contributed by atoms with Crippen LogP contribution in [0, 0.1) is 0 Å². The molecule has 0 atom stereocenters. The highest BCUT2D eigenvalue weighted by Crippen LogP contribution is 2.36. The van der Waals surface area contributed by atoms with E-state index in [2.05, 4.69) is 17.4 Å². The summed E-state index contributed by atoms with van der Waals surface area (Å²) in [5.74, 6) is 0. The third-order valence-corrected chi connectivity index (χ3v) is 7.22. The van der Waals surface area contributed by atoms with Gasteiger partial charge >= 0.3 is 6.18 Å². The van der Waals surface area contributed by atoms with Crippen molar-refractivity contribution in [1.29, 1.82) is 0 Å². The van der Waals surface area contributed by atoms with Crippen LogP contribution in [0.3, 0.4) is 0 Å². The number of hydrogen-bond acceptors (Lipinski definition) is 2. The van der Waals surface area contributed by atoms with E-state index in [-0.39, 0.29) is 12.0 Å². The molecule has 0 saturated carbocycles. The van der Waals surface area contributed by atoms with Crippen LogP contribution in [-0.2, 0) is 22.9 Å². The number of piperidine rings is 1. The quantitative estimate of drug-likeness (QED) is 0.278. The molecule has 0 bridgehead atoms. The van der Waals surface area contributed by atoms with Gasteiger partial charge in [-0.1, -0.05) is 78.9 Å². The maximum absolute atomic E-state index is 13.9. The second-order valence-electron chi connectivity index (χ2n) is 9.75. The van der Waals surface area contributed by atoms with Gasteiger partial charge in [-0.15, -0.1) is 0 Å². The number of nitrogens with one attached hydrogen (secondary N) is 1. The summed E-state index contributed by atoms with van der Waals surface area (Å²) in [6.45, 7) is 2.37. The Bertz CT molecular complexity index is 1310. The van der Waals surface area contributed by atoms with E-state index in [4.69, 9.17) is 4.74 Å². The lowest BCUT2D eigenvalue weighted by atomic mass is 9.74. The van der Waals surface area contributed by atoms with Crippen LogP contribution in [0.2, 0.25) is 0 Å². The predicted molar refractivity (Wildman–Crippen MR) is 142 cm³/mol. The van der Waals surface area contributed by atoms with Gasteiger partial charge in [-0.25, -0.2) is 0 Å². The molecule has 1 heterocycles. The Kier molecular flexibility index (Phi) is 7.45. The molecule has 2 nitrogen and oxygen atoms in total. The standard InChI is InChI=1S/C32H30F3NO/c33-32(34,35)30-19-24(22-37-23-31(14-16-36-17-15-31)29-12-5-2-6-13-29)18-28(21-30)27-11-7-10-26(20-27)25-8-3-1-4-9-25/h1-13,18-21,36H,14-17,22-23H2. The van der Waals surface area contributed by atoms with Gasteiger partial charge in [0.25, 0.3) is 0 Å². The number of hydrogen-bond donors (Lipinski definition) is 1. The summed E-state index contributed by atoms with van der Waals surface area (Å²) in [6, 6.07) is 32.0. The Morgan fingerprint density at radius 1 is 0.676 bits per heavy atom. The SMILES string of the molecule is FC(F)(F)c1cc(COCC2(c3ccccc3)CCNCC2)cc(-c2cccc(-c3ccccc3)c2)c1. The van der Waals surface area contributed by atoms with E-state index in [0.29, 0.717) is 17.7 Å². The third-order valence-electron chi connectivity index (χ3n) is 7.22. The van der Waals surface area contributed by atoms with Gasteiger partial charge < -0.3 is 10.1 Å². The van der Waals surface area contributed by atoms with E-state index in [1.807, 2.05) is 78.9 Å². The molecule has 0 amide bonds. The van der Waals surface area contributed by atoms with E-state index < -0.39 is 11.7 Å². The van der Waals surface area contributed by atoms with Crippen LogP contribution in [0.15, 0.2) is 103 Å². The molecule has 1 aliphatic rings. The first kappa shape index (κ1) is 25.2. The second kappa shape index (κ2) is 10.9. The number of halogens is 3. The molecule has 4 aromatic carbocycles. The molecular weight excluding hydrogens is 471 g/mol. The first-order valence-corrected chi connectivity index (χ1v) is 12.6. The third kappa shape index (κ3) is 5.95. The van der Waals surface area contributed by atoms with Crippen LogP contribution in [0.4, 0.5) is 13.2 Å². The van der Waals surface area contributed by atoms with Gasteiger partial charge in [0.05, 0.1) is 18.8 Å². The highest BCUT2D eigenvalue weighted by Gasteiger charge is 2.34. The largest absolute Gasteiger partial charge is 0.416 e. The Labute approximate surface area is 216 Å². The second-order valence-corrected chi connectivity index (χ2v) is 9.75. The lowest BCUT2D eigenvalue weighted by molar-refractivity contribution is -0.137. The van der Waals surface area contributed by atoms with Crippen LogP contribution in [0.25, 0.3) is 22.3 Å². The first-order chi connectivity index (χ1) is 17.9. The average molecular weight is 502 g/mol.